The zero-order valence-electron chi connectivity index (χ0n) is 11.7. The molecule has 1 saturated heterocycles. The third kappa shape index (κ3) is 4.05. The van der Waals surface area contributed by atoms with Crippen LogP contribution in [0.5, 0.6) is 0 Å². The maximum absolute atomic E-state index is 12.0. The Morgan fingerprint density at radius 2 is 2.14 bits per heavy atom. The molecule has 2 heterocycles. The molecule has 0 radical (unpaired) electrons. The summed E-state index contributed by atoms with van der Waals surface area (Å²) in [5.41, 5.74) is 5.57. The van der Waals surface area contributed by atoms with Crippen molar-refractivity contribution in [1.29, 1.82) is 0 Å². The van der Waals surface area contributed by atoms with Gasteiger partial charge in [-0.15, -0.1) is 0 Å². The van der Waals surface area contributed by atoms with Crippen molar-refractivity contribution in [3.05, 3.63) is 0 Å². The smallest absolute Gasteiger partial charge is 0.224 e. The van der Waals surface area contributed by atoms with E-state index in [1.54, 1.807) is 4.90 Å². The topological polar surface area (TPSA) is 115 Å². The van der Waals surface area contributed by atoms with Crippen LogP contribution in [-0.4, -0.2) is 62.7 Å². The molecule has 3 N–H and O–H groups in total. The number of carbonyl (C=O) groups is 1. The summed E-state index contributed by atoms with van der Waals surface area (Å²) in [5.74, 6) is 0.00805. The molecule has 1 aliphatic heterocycles. The van der Waals surface area contributed by atoms with E-state index in [9.17, 15) is 13.2 Å². The van der Waals surface area contributed by atoms with Gasteiger partial charge in [0.1, 0.15) is 9.90 Å². The molecule has 0 aliphatic carbocycles. The van der Waals surface area contributed by atoms with Gasteiger partial charge in [0.15, 0.2) is 15.7 Å². The second-order valence-electron chi connectivity index (χ2n) is 4.67. The van der Waals surface area contributed by atoms with Crippen LogP contribution in [0.4, 0.5) is 10.8 Å². The van der Waals surface area contributed by atoms with E-state index in [4.69, 9.17) is 10.5 Å². The minimum absolute atomic E-state index is 0.00585. The maximum atomic E-state index is 12.0. The lowest BCUT2D eigenvalue weighted by Crippen LogP contribution is -2.41. The highest BCUT2D eigenvalue weighted by molar-refractivity contribution is 7.91. The Labute approximate surface area is 127 Å². The number of hydrogen-bond donors (Lipinski definition) is 2. The van der Waals surface area contributed by atoms with Gasteiger partial charge < -0.3 is 20.7 Å². The first kappa shape index (κ1) is 16.0. The molecular weight excluding hydrogens is 316 g/mol. The molecule has 1 aliphatic rings. The van der Waals surface area contributed by atoms with E-state index in [1.165, 1.54) is 0 Å². The first-order valence-corrected chi connectivity index (χ1v) is 9.10. The molecule has 0 saturated carbocycles. The lowest BCUT2D eigenvalue weighted by molar-refractivity contribution is -0.134. The number of morpholine rings is 1. The largest absolute Gasteiger partial charge is 0.382 e. The zero-order chi connectivity index (χ0) is 15.5. The van der Waals surface area contributed by atoms with Gasteiger partial charge in [0.05, 0.1) is 13.2 Å². The standard InChI is InChI=1S/C11H18N4O4S2/c1-21(17,18)9-10(12)14-20-11(9)13-3-2-8(16)15-4-6-19-7-5-15/h13H,2-7H2,1H3,(H2,12,14). The number of nitrogen functional groups attached to an aromatic ring is 1. The number of hydrogen-bond acceptors (Lipinski definition) is 8. The van der Waals surface area contributed by atoms with E-state index in [-0.39, 0.29) is 23.0 Å². The van der Waals surface area contributed by atoms with Crippen molar-refractivity contribution in [3.63, 3.8) is 0 Å². The van der Waals surface area contributed by atoms with Gasteiger partial charge >= 0.3 is 0 Å². The summed E-state index contributed by atoms with van der Waals surface area (Å²) >= 11 is 0.980. The molecule has 10 heteroatoms. The monoisotopic (exact) mass is 334 g/mol. The Hall–Kier alpha value is -1.39. The van der Waals surface area contributed by atoms with Gasteiger partial charge in [0, 0.05) is 32.3 Å². The molecule has 21 heavy (non-hydrogen) atoms. The number of carbonyl (C=O) groups excluding carboxylic acids is 1. The molecular formula is C11H18N4O4S2. The van der Waals surface area contributed by atoms with Gasteiger partial charge in [-0.25, -0.2) is 8.42 Å². The number of amides is 1. The molecule has 118 valence electrons. The summed E-state index contributed by atoms with van der Waals surface area (Å²) in [4.78, 5) is 13.7. The molecule has 1 aromatic rings. The number of nitrogens with two attached hydrogens (primary N) is 1. The van der Waals surface area contributed by atoms with Crippen molar-refractivity contribution in [1.82, 2.24) is 9.27 Å². The van der Waals surface area contributed by atoms with E-state index >= 15 is 0 Å². The number of nitrogens with zero attached hydrogens (tertiary/aromatic N) is 2. The van der Waals surface area contributed by atoms with Gasteiger partial charge in [-0.05, 0) is 11.5 Å². The normalized spacial score (nSPS) is 16.0. The molecule has 0 atom stereocenters. The Bertz CT molecular complexity index is 608. The lowest BCUT2D eigenvalue weighted by Gasteiger charge is -2.26. The Balaban J connectivity index is 1.91. The third-order valence-electron chi connectivity index (χ3n) is 3.03. The fourth-order valence-corrected chi connectivity index (χ4v) is 4.11. The fraction of sp³-hybridized carbons (Fsp3) is 0.636. The number of aromatic nitrogens is 1. The molecule has 0 bridgehead atoms. The van der Waals surface area contributed by atoms with Crippen LogP contribution in [-0.2, 0) is 19.4 Å². The second kappa shape index (κ2) is 6.58. The molecule has 1 fully saturated rings. The first-order valence-electron chi connectivity index (χ1n) is 6.44. The minimum Gasteiger partial charge on any atom is -0.382 e. The minimum atomic E-state index is -3.44. The average Bonchev–Trinajstić information content (AvgIpc) is 2.80. The highest BCUT2D eigenvalue weighted by Gasteiger charge is 2.22. The SMILES string of the molecule is CS(=O)(=O)c1c(N)nsc1NCCC(=O)N1CCOCC1. The highest BCUT2D eigenvalue weighted by Crippen LogP contribution is 2.31. The van der Waals surface area contributed by atoms with Crippen LogP contribution >= 0.6 is 11.5 Å². The summed E-state index contributed by atoms with van der Waals surface area (Å²) in [6.07, 6.45) is 1.36. The van der Waals surface area contributed by atoms with E-state index in [0.717, 1.165) is 17.8 Å². The molecule has 1 aromatic heterocycles. The van der Waals surface area contributed by atoms with Crippen molar-refractivity contribution in [3.8, 4) is 0 Å². The molecule has 0 unspecified atom stereocenters. The lowest BCUT2D eigenvalue weighted by atomic mass is 10.3. The number of rotatable bonds is 5. The van der Waals surface area contributed by atoms with E-state index in [2.05, 4.69) is 9.69 Å². The molecule has 0 aromatic carbocycles. The van der Waals surface area contributed by atoms with Crippen LogP contribution in [0.25, 0.3) is 0 Å². The fourth-order valence-electron chi connectivity index (χ4n) is 2.02. The molecule has 2 rings (SSSR count). The van der Waals surface area contributed by atoms with E-state index < -0.39 is 9.84 Å². The van der Waals surface area contributed by atoms with Crippen LogP contribution in [0.2, 0.25) is 0 Å². The van der Waals surface area contributed by atoms with Gasteiger partial charge in [-0.3, -0.25) is 4.79 Å². The Morgan fingerprint density at radius 1 is 1.48 bits per heavy atom. The predicted octanol–water partition coefficient (Wildman–Crippen LogP) is -0.210. The Morgan fingerprint density at radius 3 is 2.76 bits per heavy atom. The van der Waals surface area contributed by atoms with Crippen molar-refractivity contribution < 1.29 is 17.9 Å². The summed E-state index contributed by atoms with van der Waals surface area (Å²) in [5, 5.41) is 3.31. The number of sulfone groups is 1. The van der Waals surface area contributed by atoms with E-state index in [0.29, 0.717) is 37.8 Å². The molecule has 1 amide bonds. The van der Waals surface area contributed by atoms with Crippen LogP contribution in [0.3, 0.4) is 0 Å². The number of nitrogens with one attached hydrogen (secondary N) is 1. The summed E-state index contributed by atoms with van der Waals surface area (Å²) in [7, 11) is -3.44. The van der Waals surface area contributed by atoms with Crippen molar-refractivity contribution in [2.75, 3.05) is 50.2 Å². The Kier molecular flexibility index (Phi) is 5.01. The van der Waals surface area contributed by atoms with Crippen LogP contribution in [0.1, 0.15) is 6.42 Å². The second-order valence-corrected chi connectivity index (χ2v) is 7.39. The van der Waals surface area contributed by atoms with Gasteiger partial charge in [0.2, 0.25) is 5.91 Å². The zero-order valence-corrected chi connectivity index (χ0v) is 13.3. The third-order valence-corrected chi connectivity index (χ3v) is 5.14. The number of ether oxygens (including phenoxy) is 1. The van der Waals surface area contributed by atoms with Crippen LogP contribution < -0.4 is 11.1 Å². The number of anilines is 2. The molecule has 0 spiro atoms. The van der Waals surface area contributed by atoms with E-state index in [1.807, 2.05) is 0 Å². The van der Waals surface area contributed by atoms with Crippen molar-refractivity contribution in [2.45, 2.75) is 11.3 Å². The highest BCUT2D eigenvalue weighted by atomic mass is 32.2. The van der Waals surface area contributed by atoms with Crippen LogP contribution in [0.15, 0.2) is 4.90 Å². The van der Waals surface area contributed by atoms with Gasteiger partial charge in [0.25, 0.3) is 0 Å². The average molecular weight is 334 g/mol. The summed E-state index contributed by atoms with van der Waals surface area (Å²) in [6.45, 7) is 2.65. The summed E-state index contributed by atoms with van der Waals surface area (Å²) in [6, 6.07) is 0. The predicted molar refractivity (Wildman–Crippen MR) is 80.1 cm³/mol. The van der Waals surface area contributed by atoms with Gasteiger partial charge in [-0.2, -0.15) is 4.37 Å². The van der Waals surface area contributed by atoms with Crippen molar-refractivity contribution >= 4 is 38.1 Å². The van der Waals surface area contributed by atoms with Crippen molar-refractivity contribution in [2.24, 2.45) is 0 Å². The summed E-state index contributed by atoms with van der Waals surface area (Å²) < 4.78 is 32.3. The quantitative estimate of drug-likeness (QED) is 0.765. The molecule has 8 nitrogen and oxygen atoms in total. The van der Waals surface area contributed by atoms with Crippen LogP contribution in [0, 0.1) is 0 Å². The van der Waals surface area contributed by atoms with Gasteiger partial charge in [-0.1, -0.05) is 0 Å². The first-order chi connectivity index (χ1) is 9.89. The maximum Gasteiger partial charge on any atom is 0.224 e.